The molecule has 0 N–H and O–H groups in total. The Bertz CT molecular complexity index is 1310. The molecule has 0 fully saturated rings. The minimum atomic E-state index is -0.234. The SMILES string of the molecule is C#CCOc1c(OCC)cc(C=Nn2c([C@@H](C)CC)nc3ccc(Br)cc3c2=O)c(Br)c1Br. The van der Waals surface area contributed by atoms with E-state index in [0.29, 0.717) is 49.3 Å². The monoisotopic (exact) mass is 637 g/mol. The highest BCUT2D eigenvalue weighted by Crippen LogP contribution is 2.42. The van der Waals surface area contributed by atoms with E-state index in [4.69, 9.17) is 20.9 Å². The first kappa shape index (κ1) is 25.5. The lowest BCUT2D eigenvalue weighted by Crippen LogP contribution is -2.23. The molecule has 0 aliphatic heterocycles. The van der Waals surface area contributed by atoms with Gasteiger partial charge < -0.3 is 9.47 Å². The number of ether oxygens (including phenoxy) is 2. The Morgan fingerprint density at radius 3 is 2.64 bits per heavy atom. The third kappa shape index (κ3) is 5.51. The van der Waals surface area contributed by atoms with Gasteiger partial charge in [-0.15, -0.1) is 6.42 Å². The minimum Gasteiger partial charge on any atom is -0.490 e. The second-order valence-electron chi connectivity index (χ2n) is 7.15. The van der Waals surface area contributed by atoms with E-state index in [2.05, 4.69) is 58.8 Å². The second kappa shape index (κ2) is 11.3. The Kier molecular flexibility index (Phi) is 8.74. The molecule has 0 aliphatic carbocycles. The molecule has 1 heterocycles. The zero-order chi connectivity index (χ0) is 24.1. The van der Waals surface area contributed by atoms with E-state index in [1.165, 1.54) is 4.68 Å². The molecule has 2 aromatic carbocycles. The van der Waals surface area contributed by atoms with Crippen LogP contribution in [0.1, 0.15) is 44.5 Å². The number of halogens is 3. The van der Waals surface area contributed by atoms with Gasteiger partial charge in [-0.05, 0) is 69.5 Å². The molecule has 0 radical (unpaired) electrons. The molecule has 1 aromatic heterocycles. The molecule has 1 atom stereocenters. The summed E-state index contributed by atoms with van der Waals surface area (Å²) in [4.78, 5) is 18.1. The van der Waals surface area contributed by atoms with Gasteiger partial charge in [-0.1, -0.05) is 35.7 Å². The van der Waals surface area contributed by atoms with E-state index in [-0.39, 0.29) is 18.1 Å². The molecule has 0 saturated heterocycles. The number of terminal acetylenes is 1. The van der Waals surface area contributed by atoms with E-state index in [9.17, 15) is 4.79 Å². The molecule has 0 spiro atoms. The summed E-state index contributed by atoms with van der Waals surface area (Å²) >= 11 is 10.5. The highest BCUT2D eigenvalue weighted by Gasteiger charge is 2.18. The van der Waals surface area contributed by atoms with Crippen LogP contribution in [0.5, 0.6) is 11.5 Å². The minimum absolute atomic E-state index is 0.0385. The van der Waals surface area contributed by atoms with Crippen molar-refractivity contribution in [2.45, 2.75) is 33.1 Å². The fraction of sp³-hybridized carbons (Fsp3) is 0.292. The van der Waals surface area contributed by atoms with Crippen LogP contribution in [-0.2, 0) is 0 Å². The molecule has 0 amide bonds. The van der Waals surface area contributed by atoms with E-state index < -0.39 is 0 Å². The van der Waals surface area contributed by atoms with Crippen LogP contribution in [0.2, 0.25) is 0 Å². The predicted molar refractivity (Wildman–Crippen MR) is 143 cm³/mol. The average molecular weight is 640 g/mol. The lowest BCUT2D eigenvalue weighted by Gasteiger charge is -2.16. The van der Waals surface area contributed by atoms with Crippen LogP contribution in [0.3, 0.4) is 0 Å². The zero-order valence-corrected chi connectivity index (χ0v) is 23.1. The average Bonchev–Trinajstić information content (AvgIpc) is 2.81. The first-order valence-corrected chi connectivity index (χ1v) is 12.7. The Balaban J connectivity index is 2.18. The summed E-state index contributed by atoms with van der Waals surface area (Å²) in [5.41, 5.74) is 1.10. The molecule has 172 valence electrons. The Labute approximate surface area is 217 Å². The standard InChI is InChI=1S/C24H22Br3N3O3/c1-5-10-33-22-19(32-7-3)11-15(20(26)21(22)27)13-28-30-23(14(4)6-2)29-18-9-8-16(25)12-17(18)24(30)31/h1,8-9,11-14H,6-7,10H2,2-4H3/t14-/m0/s1. The fourth-order valence-corrected chi connectivity index (χ4v) is 4.41. The van der Waals surface area contributed by atoms with E-state index in [1.54, 1.807) is 18.3 Å². The third-order valence-corrected chi connectivity index (χ3v) is 7.59. The van der Waals surface area contributed by atoms with Crippen LogP contribution in [0, 0.1) is 12.3 Å². The van der Waals surface area contributed by atoms with Crippen LogP contribution in [0.4, 0.5) is 0 Å². The summed E-state index contributed by atoms with van der Waals surface area (Å²) in [5, 5.41) is 5.03. The maximum Gasteiger partial charge on any atom is 0.282 e. The Morgan fingerprint density at radius 1 is 1.21 bits per heavy atom. The number of aromatic nitrogens is 2. The van der Waals surface area contributed by atoms with Gasteiger partial charge in [-0.2, -0.15) is 9.78 Å². The van der Waals surface area contributed by atoms with Gasteiger partial charge in [0.1, 0.15) is 12.4 Å². The molecule has 3 rings (SSSR count). The van der Waals surface area contributed by atoms with E-state index in [1.807, 2.05) is 32.9 Å². The van der Waals surface area contributed by atoms with Crippen molar-refractivity contribution in [2.24, 2.45) is 5.10 Å². The molecule has 0 saturated carbocycles. The molecular formula is C24H22Br3N3O3. The highest BCUT2D eigenvalue weighted by molar-refractivity contribution is 9.13. The van der Waals surface area contributed by atoms with Crippen molar-refractivity contribution in [3.8, 4) is 23.8 Å². The van der Waals surface area contributed by atoms with Gasteiger partial charge >= 0.3 is 0 Å². The van der Waals surface area contributed by atoms with Crippen molar-refractivity contribution in [3.05, 3.63) is 59.4 Å². The molecule has 0 aliphatic rings. The summed E-state index contributed by atoms with van der Waals surface area (Å²) in [5.74, 6) is 4.10. The molecule has 6 nitrogen and oxygen atoms in total. The van der Waals surface area contributed by atoms with Gasteiger partial charge in [0.05, 0.1) is 28.2 Å². The smallest absolute Gasteiger partial charge is 0.282 e. The summed E-state index contributed by atoms with van der Waals surface area (Å²) in [6.07, 6.45) is 7.75. The van der Waals surface area contributed by atoms with Crippen LogP contribution < -0.4 is 15.0 Å². The maximum absolute atomic E-state index is 13.3. The summed E-state index contributed by atoms with van der Waals surface area (Å²) < 4.78 is 14.9. The van der Waals surface area contributed by atoms with Gasteiger partial charge in [0.2, 0.25) is 0 Å². The molecule has 33 heavy (non-hydrogen) atoms. The van der Waals surface area contributed by atoms with Gasteiger partial charge in [0.15, 0.2) is 11.5 Å². The topological polar surface area (TPSA) is 65.7 Å². The van der Waals surface area contributed by atoms with Crippen molar-refractivity contribution >= 4 is 64.9 Å². The summed E-state index contributed by atoms with van der Waals surface area (Å²) in [6, 6.07) is 7.25. The molecule has 3 aromatic rings. The van der Waals surface area contributed by atoms with Gasteiger partial charge in [0, 0.05) is 20.4 Å². The van der Waals surface area contributed by atoms with Crippen LogP contribution in [-0.4, -0.2) is 29.1 Å². The number of nitrogens with zero attached hydrogens (tertiary/aromatic N) is 3. The summed E-state index contributed by atoms with van der Waals surface area (Å²) in [7, 11) is 0. The number of hydrogen-bond acceptors (Lipinski definition) is 5. The first-order valence-electron chi connectivity index (χ1n) is 10.3. The van der Waals surface area contributed by atoms with Crippen molar-refractivity contribution in [2.75, 3.05) is 13.2 Å². The number of hydrogen-bond donors (Lipinski definition) is 0. The molecule has 0 unspecified atom stereocenters. The number of rotatable bonds is 8. The lowest BCUT2D eigenvalue weighted by molar-refractivity contribution is 0.297. The van der Waals surface area contributed by atoms with Crippen molar-refractivity contribution in [1.29, 1.82) is 0 Å². The van der Waals surface area contributed by atoms with Crippen molar-refractivity contribution in [1.82, 2.24) is 9.66 Å². The molecular weight excluding hydrogens is 618 g/mol. The van der Waals surface area contributed by atoms with Gasteiger partial charge in [0.25, 0.3) is 5.56 Å². The van der Waals surface area contributed by atoms with E-state index in [0.717, 1.165) is 10.9 Å². The lowest BCUT2D eigenvalue weighted by atomic mass is 10.1. The van der Waals surface area contributed by atoms with Crippen molar-refractivity contribution in [3.63, 3.8) is 0 Å². The summed E-state index contributed by atoms with van der Waals surface area (Å²) in [6.45, 7) is 6.50. The van der Waals surface area contributed by atoms with Gasteiger partial charge in [-0.3, -0.25) is 4.79 Å². The van der Waals surface area contributed by atoms with Crippen molar-refractivity contribution < 1.29 is 9.47 Å². The second-order valence-corrected chi connectivity index (χ2v) is 9.65. The number of fused-ring (bicyclic) bond motifs is 1. The van der Waals surface area contributed by atoms with Crippen LogP contribution >= 0.6 is 47.8 Å². The maximum atomic E-state index is 13.3. The van der Waals surface area contributed by atoms with E-state index >= 15 is 0 Å². The highest BCUT2D eigenvalue weighted by atomic mass is 79.9. The fourth-order valence-electron chi connectivity index (χ4n) is 3.11. The molecule has 9 heteroatoms. The Hall–Kier alpha value is -2.15. The van der Waals surface area contributed by atoms with Gasteiger partial charge in [-0.25, -0.2) is 4.98 Å². The largest absolute Gasteiger partial charge is 0.490 e. The molecule has 0 bridgehead atoms. The first-order chi connectivity index (χ1) is 15.8. The number of benzene rings is 2. The van der Waals surface area contributed by atoms with Crippen LogP contribution in [0.15, 0.2) is 47.6 Å². The zero-order valence-electron chi connectivity index (χ0n) is 18.4. The quantitative estimate of drug-likeness (QED) is 0.209. The third-order valence-electron chi connectivity index (χ3n) is 4.95. The normalized spacial score (nSPS) is 12.2. The predicted octanol–water partition coefficient (Wildman–Crippen LogP) is 6.49. The Morgan fingerprint density at radius 2 is 1.97 bits per heavy atom. The van der Waals surface area contributed by atoms with Crippen LogP contribution in [0.25, 0.3) is 10.9 Å².